The third-order valence-corrected chi connectivity index (χ3v) is 6.77. The number of hydrogen-bond donors (Lipinski definition) is 1. The number of para-hydroxylation sites is 1. The molecule has 0 spiro atoms. The highest BCUT2D eigenvalue weighted by Crippen LogP contribution is 2.32. The van der Waals surface area contributed by atoms with E-state index in [0.29, 0.717) is 43.2 Å². The highest BCUT2D eigenvalue weighted by molar-refractivity contribution is 9.10. The van der Waals surface area contributed by atoms with Crippen molar-refractivity contribution in [2.45, 2.75) is 26.7 Å². The maximum Gasteiger partial charge on any atom is 0.282 e. The normalized spacial score (nSPS) is 11.4. The van der Waals surface area contributed by atoms with Crippen LogP contribution in [0.25, 0.3) is 10.9 Å². The van der Waals surface area contributed by atoms with Crippen molar-refractivity contribution in [3.8, 4) is 5.75 Å². The number of anilines is 1. The van der Waals surface area contributed by atoms with E-state index in [1.54, 1.807) is 24.3 Å². The monoisotopic (exact) mass is 644 g/mol. The Hall–Kier alpha value is -3.01. The molecule has 3 aromatic carbocycles. The fraction of sp³-hybridized carbons (Fsp3) is 0.185. The summed E-state index contributed by atoms with van der Waals surface area (Å²) in [4.78, 5) is 30.5. The van der Waals surface area contributed by atoms with Crippen LogP contribution in [-0.2, 0) is 4.79 Å². The van der Waals surface area contributed by atoms with Crippen LogP contribution in [0.2, 0.25) is 5.02 Å². The van der Waals surface area contributed by atoms with E-state index in [9.17, 15) is 9.59 Å². The van der Waals surface area contributed by atoms with Crippen LogP contribution >= 0.6 is 43.5 Å². The molecule has 0 aliphatic heterocycles. The van der Waals surface area contributed by atoms with E-state index in [1.165, 1.54) is 10.9 Å². The minimum absolute atomic E-state index is 0.0650. The van der Waals surface area contributed by atoms with Crippen molar-refractivity contribution in [3.63, 3.8) is 0 Å². The minimum Gasteiger partial charge on any atom is -0.482 e. The lowest BCUT2D eigenvalue weighted by Crippen LogP contribution is -2.23. The molecule has 4 rings (SSSR count). The van der Waals surface area contributed by atoms with E-state index >= 15 is 0 Å². The molecule has 1 aromatic heterocycles. The highest BCUT2D eigenvalue weighted by atomic mass is 79.9. The van der Waals surface area contributed by atoms with Gasteiger partial charge < -0.3 is 10.1 Å². The standard InChI is InChI=1S/C27H23Br2ClN4O3/c1-15(2)26-33-23-9-8-18(28)11-20(23)27(36)34(26)31-13-17-10-19(30)12-21(29)25(17)37-14-24(35)32-22-7-5-4-6-16(22)3/h4-13,15H,14H2,1-3H3,(H,32,35). The lowest BCUT2D eigenvalue weighted by atomic mass is 10.2. The van der Waals surface area contributed by atoms with Gasteiger partial charge in [-0.1, -0.05) is 59.6 Å². The fourth-order valence-corrected chi connectivity index (χ4v) is 4.95. The molecule has 0 aliphatic carbocycles. The molecule has 37 heavy (non-hydrogen) atoms. The first kappa shape index (κ1) is 27.0. The molecule has 4 aromatic rings. The SMILES string of the molecule is Cc1ccccc1NC(=O)COc1c(Br)cc(Cl)cc1C=Nn1c(C(C)C)nc2ccc(Br)cc2c1=O. The van der Waals surface area contributed by atoms with Gasteiger partial charge in [0.25, 0.3) is 11.5 Å². The van der Waals surface area contributed by atoms with Crippen molar-refractivity contribution in [1.29, 1.82) is 0 Å². The molecule has 10 heteroatoms. The van der Waals surface area contributed by atoms with Gasteiger partial charge in [-0.05, 0) is 64.8 Å². The number of benzene rings is 3. The molecule has 190 valence electrons. The summed E-state index contributed by atoms with van der Waals surface area (Å²) in [5.41, 5.74) is 2.44. The zero-order chi connectivity index (χ0) is 26.7. The Morgan fingerprint density at radius 2 is 1.95 bits per heavy atom. The Kier molecular flexibility index (Phi) is 8.46. The third-order valence-electron chi connectivity index (χ3n) is 5.47. The summed E-state index contributed by atoms with van der Waals surface area (Å²) in [6.07, 6.45) is 1.48. The smallest absolute Gasteiger partial charge is 0.282 e. The number of nitrogens with one attached hydrogen (secondary N) is 1. The summed E-state index contributed by atoms with van der Waals surface area (Å²) in [6, 6.07) is 16.2. The maximum atomic E-state index is 13.3. The van der Waals surface area contributed by atoms with Crippen LogP contribution in [0.3, 0.4) is 0 Å². The molecule has 0 fully saturated rings. The predicted molar refractivity (Wildman–Crippen MR) is 155 cm³/mol. The van der Waals surface area contributed by atoms with Crippen molar-refractivity contribution < 1.29 is 9.53 Å². The summed E-state index contributed by atoms with van der Waals surface area (Å²) < 4.78 is 8.45. The van der Waals surface area contributed by atoms with Crippen molar-refractivity contribution >= 4 is 72.2 Å². The van der Waals surface area contributed by atoms with Gasteiger partial charge in [-0.25, -0.2) is 4.98 Å². The van der Waals surface area contributed by atoms with E-state index < -0.39 is 0 Å². The molecule has 0 bridgehead atoms. The quantitative estimate of drug-likeness (QED) is 0.221. The molecular weight excluding hydrogens is 624 g/mol. The Balaban J connectivity index is 1.67. The van der Waals surface area contributed by atoms with Crippen LogP contribution < -0.4 is 15.6 Å². The van der Waals surface area contributed by atoms with Gasteiger partial charge in [0.1, 0.15) is 11.6 Å². The average molecular weight is 647 g/mol. The summed E-state index contributed by atoms with van der Waals surface area (Å²) >= 11 is 13.2. The van der Waals surface area contributed by atoms with Crippen molar-refractivity contribution in [1.82, 2.24) is 9.66 Å². The van der Waals surface area contributed by atoms with Crippen LogP contribution in [0.5, 0.6) is 5.75 Å². The van der Waals surface area contributed by atoms with Gasteiger partial charge in [0.05, 0.1) is 21.6 Å². The van der Waals surface area contributed by atoms with Crippen molar-refractivity contribution in [3.05, 3.63) is 95.9 Å². The number of aromatic nitrogens is 2. The Morgan fingerprint density at radius 3 is 2.68 bits per heavy atom. The molecule has 7 nitrogen and oxygen atoms in total. The summed E-state index contributed by atoms with van der Waals surface area (Å²) in [7, 11) is 0. The number of rotatable bonds is 7. The molecule has 0 unspecified atom stereocenters. The van der Waals surface area contributed by atoms with Gasteiger partial charge in [-0.3, -0.25) is 9.59 Å². The zero-order valence-electron chi connectivity index (χ0n) is 20.3. The third kappa shape index (κ3) is 6.29. The second-order valence-corrected chi connectivity index (χ2v) is 10.8. The molecule has 0 aliphatic rings. The largest absolute Gasteiger partial charge is 0.482 e. The molecule has 1 amide bonds. The number of amides is 1. The van der Waals surface area contributed by atoms with Gasteiger partial charge in [0.2, 0.25) is 0 Å². The Bertz CT molecular complexity index is 1580. The van der Waals surface area contributed by atoms with Crippen molar-refractivity contribution in [2.75, 3.05) is 11.9 Å². The topological polar surface area (TPSA) is 85.6 Å². The lowest BCUT2D eigenvalue weighted by Gasteiger charge is -2.14. The predicted octanol–water partition coefficient (Wildman–Crippen LogP) is 6.91. The van der Waals surface area contributed by atoms with Crippen LogP contribution in [0.15, 0.2) is 73.4 Å². The Labute approximate surface area is 235 Å². The lowest BCUT2D eigenvalue weighted by molar-refractivity contribution is -0.118. The molecular formula is C27H23Br2ClN4O3. The van der Waals surface area contributed by atoms with Gasteiger partial charge in [-0.15, -0.1) is 0 Å². The molecule has 0 atom stereocenters. The summed E-state index contributed by atoms with van der Waals surface area (Å²) in [5.74, 6) is 0.493. The number of aryl methyl sites for hydroxylation is 1. The van der Waals surface area contributed by atoms with E-state index in [1.807, 2.05) is 51.1 Å². The van der Waals surface area contributed by atoms with E-state index in [0.717, 1.165) is 10.0 Å². The van der Waals surface area contributed by atoms with Gasteiger partial charge in [0, 0.05) is 26.7 Å². The first-order valence-electron chi connectivity index (χ1n) is 11.4. The van der Waals surface area contributed by atoms with Gasteiger partial charge >= 0.3 is 0 Å². The summed E-state index contributed by atoms with van der Waals surface area (Å²) in [6.45, 7) is 5.55. The number of ether oxygens (including phenoxy) is 1. The first-order chi connectivity index (χ1) is 17.6. The number of nitrogens with zero attached hydrogens (tertiary/aromatic N) is 3. The van der Waals surface area contributed by atoms with Gasteiger partial charge in [0.15, 0.2) is 6.61 Å². The minimum atomic E-state index is -0.318. The van der Waals surface area contributed by atoms with Gasteiger partial charge in [-0.2, -0.15) is 9.78 Å². The molecule has 1 N–H and O–H groups in total. The zero-order valence-corrected chi connectivity index (χ0v) is 24.2. The van der Waals surface area contributed by atoms with Crippen LogP contribution in [0.4, 0.5) is 5.69 Å². The van der Waals surface area contributed by atoms with E-state index in [4.69, 9.17) is 16.3 Å². The van der Waals surface area contributed by atoms with E-state index in [2.05, 4.69) is 47.3 Å². The number of halogens is 3. The number of carbonyl (C=O) groups excluding carboxylic acids is 1. The molecule has 0 radical (unpaired) electrons. The first-order valence-corrected chi connectivity index (χ1v) is 13.3. The molecule has 0 saturated heterocycles. The van der Waals surface area contributed by atoms with Crippen LogP contribution in [0, 0.1) is 6.92 Å². The van der Waals surface area contributed by atoms with Crippen molar-refractivity contribution in [2.24, 2.45) is 5.10 Å². The second-order valence-electron chi connectivity index (χ2n) is 8.61. The Morgan fingerprint density at radius 1 is 1.19 bits per heavy atom. The fourth-order valence-electron chi connectivity index (χ4n) is 3.64. The highest BCUT2D eigenvalue weighted by Gasteiger charge is 2.16. The summed E-state index contributed by atoms with van der Waals surface area (Å²) in [5, 5.41) is 8.18. The van der Waals surface area contributed by atoms with E-state index in [-0.39, 0.29) is 24.0 Å². The van der Waals surface area contributed by atoms with Crippen LogP contribution in [-0.4, -0.2) is 28.4 Å². The molecule has 1 heterocycles. The molecule has 0 saturated carbocycles. The number of carbonyl (C=O) groups is 1. The number of fused-ring (bicyclic) bond motifs is 1. The maximum absolute atomic E-state index is 13.3. The number of hydrogen-bond acceptors (Lipinski definition) is 5. The van der Waals surface area contributed by atoms with Crippen LogP contribution in [0.1, 0.15) is 36.7 Å². The second kappa shape index (κ2) is 11.6. The average Bonchev–Trinajstić information content (AvgIpc) is 2.84.